The Morgan fingerprint density at radius 3 is 2.59 bits per heavy atom. The summed E-state index contributed by atoms with van der Waals surface area (Å²) >= 11 is 0. The van der Waals surface area contributed by atoms with Crippen molar-refractivity contribution in [1.29, 1.82) is 0 Å². The minimum atomic E-state index is -4.08. The molecule has 0 spiro atoms. The smallest absolute Gasteiger partial charge is 0.327 e. The summed E-state index contributed by atoms with van der Waals surface area (Å²) in [5.74, 6) is 0. The van der Waals surface area contributed by atoms with E-state index in [9.17, 15) is 23.3 Å². The van der Waals surface area contributed by atoms with Gasteiger partial charge in [-0.1, -0.05) is 6.07 Å². The molecule has 0 aromatic heterocycles. The lowest BCUT2D eigenvalue weighted by molar-refractivity contribution is -0.385. The van der Waals surface area contributed by atoms with Crippen LogP contribution in [0.5, 0.6) is 0 Å². The minimum Gasteiger partial charge on any atom is -0.351 e. The summed E-state index contributed by atoms with van der Waals surface area (Å²) in [5, 5.41) is 10.4. The number of nitrogens with zero attached hydrogens (tertiary/aromatic N) is 1. The van der Waals surface area contributed by atoms with Crippen LogP contribution in [-0.2, 0) is 10.0 Å². The second-order valence-corrected chi connectivity index (χ2v) is 4.53. The van der Waals surface area contributed by atoms with E-state index in [0.29, 0.717) is 0 Å². The van der Waals surface area contributed by atoms with E-state index in [0.717, 1.165) is 18.2 Å². The molecule has 0 saturated heterocycles. The number of nitrogens with two attached hydrogens (primary N) is 1. The van der Waals surface area contributed by atoms with Gasteiger partial charge in [-0.25, -0.2) is 13.2 Å². The molecule has 0 aliphatic carbocycles. The fourth-order valence-corrected chi connectivity index (χ4v) is 1.83. The van der Waals surface area contributed by atoms with Crippen molar-refractivity contribution >= 4 is 21.7 Å². The molecule has 1 aromatic rings. The molecule has 0 unspecified atom stereocenters. The van der Waals surface area contributed by atoms with Crippen LogP contribution in [0.4, 0.5) is 10.5 Å². The van der Waals surface area contributed by atoms with Gasteiger partial charge in [-0.2, -0.15) is 0 Å². The van der Waals surface area contributed by atoms with Gasteiger partial charge in [0.15, 0.2) is 0 Å². The summed E-state index contributed by atoms with van der Waals surface area (Å²) in [6.45, 7) is 0. The molecule has 2 amide bonds. The lowest BCUT2D eigenvalue weighted by Gasteiger charge is -2.05. The van der Waals surface area contributed by atoms with Gasteiger partial charge in [-0.15, -0.1) is 4.83 Å². The number of urea groups is 1. The maximum absolute atomic E-state index is 11.5. The number of hydrogen-bond donors (Lipinski definition) is 3. The van der Waals surface area contributed by atoms with Crippen molar-refractivity contribution in [3.63, 3.8) is 0 Å². The van der Waals surface area contributed by atoms with Crippen LogP contribution in [0.25, 0.3) is 0 Å². The van der Waals surface area contributed by atoms with Gasteiger partial charge in [-0.05, 0) is 6.07 Å². The molecule has 0 aliphatic rings. The standard InChI is InChI=1S/C7H8N4O5S/c8-7(12)9-10-17(15,16)6-3-1-2-5(4-6)11(13)14/h1-4,10H,(H3,8,9,12). The second kappa shape index (κ2) is 4.76. The lowest BCUT2D eigenvalue weighted by atomic mass is 10.3. The number of hydrogen-bond acceptors (Lipinski definition) is 5. The van der Waals surface area contributed by atoms with Crippen molar-refractivity contribution in [2.24, 2.45) is 5.73 Å². The average Bonchev–Trinajstić information content (AvgIpc) is 2.27. The van der Waals surface area contributed by atoms with E-state index in [4.69, 9.17) is 0 Å². The summed E-state index contributed by atoms with van der Waals surface area (Å²) < 4.78 is 23.0. The summed E-state index contributed by atoms with van der Waals surface area (Å²) in [6, 6.07) is 3.24. The molecular formula is C7H8N4O5S. The monoisotopic (exact) mass is 260 g/mol. The second-order valence-electron chi connectivity index (χ2n) is 2.85. The first kappa shape index (κ1) is 12.9. The Bertz CT molecular complexity index is 555. The maximum Gasteiger partial charge on any atom is 0.327 e. The summed E-state index contributed by atoms with van der Waals surface area (Å²) in [4.78, 5) is 21.3. The highest BCUT2D eigenvalue weighted by Gasteiger charge is 2.17. The molecule has 0 fully saturated rings. The first-order valence-electron chi connectivity index (χ1n) is 4.14. The zero-order chi connectivity index (χ0) is 13.1. The number of benzene rings is 1. The number of nitrogens with one attached hydrogen (secondary N) is 2. The van der Waals surface area contributed by atoms with Crippen LogP contribution < -0.4 is 16.0 Å². The van der Waals surface area contributed by atoms with E-state index >= 15 is 0 Å². The normalized spacial score (nSPS) is 10.8. The van der Waals surface area contributed by atoms with Gasteiger partial charge in [0.05, 0.1) is 9.82 Å². The van der Waals surface area contributed by atoms with E-state index in [-0.39, 0.29) is 10.6 Å². The fourth-order valence-electron chi connectivity index (χ4n) is 0.941. The molecule has 0 atom stereocenters. The third-order valence-electron chi connectivity index (χ3n) is 1.65. The largest absolute Gasteiger partial charge is 0.351 e. The number of nitro groups is 1. The molecular weight excluding hydrogens is 252 g/mol. The number of nitro benzene ring substituents is 1. The Morgan fingerprint density at radius 1 is 1.41 bits per heavy atom. The van der Waals surface area contributed by atoms with Gasteiger partial charge in [0.2, 0.25) is 0 Å². The predicted octanol–water partition coefficient (Wildman–Crippen LogP) is -0.544. The molecule has 9 nitrogen and oxygen atoms in total. The Balaban J connectivity index is 3.03. The Kier molecular flexibility index (Phi) is 3.60. The number of rotatable bonds is 4. The van der Waals surface area contributed by atoms with Crippen molar-refractivity contribution in [2.45, 2.75) is 4.90 Å². The van der Waals surface area contributed by atoms with Crippen LogP contribution in [0.15, 0.2) is 29.2 Å². The number of carbonyl (C=O) groups excluding carboxylic acids is 1. The van der Waals surface area contributed by atoms with E-state index in [2.05, 4.69) is 5.73 Å². The van der Waals surface area contributed by atoms with Crippen molar-refractivity contribution in [3.8, 4) is 0 Å². The molecule has 10 heteroatoms. The molecule has 0 bridgehead atoms. The zero-order valence-corrected chi connectivity index (χ0v) is 9.10. The number of carbonyl (C=O) groups is 1. The van der Waals surface area contributed by atoms with E-state index in [1.807, 2.05) is 0 Å². The van der Waals surface area contributed by atoms with Gasteiger partial charge in [0.25, 0.3) is 15.7 Å². The van der Waals surface area contributed by atoms with Crippen molar-refractivity contribution in [2.75, 3.05) is 0 Å². The number of non-ortho nitro benzene ring substituents is 1. The SMILES string of the molecule is NC(=O)NNS(=O)(=O)c1cccc([N+](=O)[O-])c1. The molecule has 17 heavy (non-hydrogen) atoms. The van der Waals surface area contributed by atoms with Crippen LogP contribution in [0.2, 0.25) is 0 Å². The number of hydrazine groups is 1. The predicted molar refractivity (Wildman–Crippen MR) is 56.1 cm³/mol. The maximum atomic E-state index is 11.5. The Labute approximate surface area is 95.8 Å². The van der Waals surface area contributed by atoms with Crippen LogP contribution in [0.1, 0.15) is 0 Å². The van der Waals surface area contributed by atoms with E-state index in [1.165, 1.54) is 6.07 Å². The highest BCUT2D eigenvalue weighted by atomic mass is 32.2. The number of amides is 2. The highest BCUT2D eigenvalue weighted by Crippen LogP contribution is 2.16. The quantitative estimate of drug-likeness (QED) is 0.491. The van der Waals surface area contributed by atoms with Crippen molar-refractivity contribution in [3.05, 3.63) is 34.4 Å². The molecule has 0 saturated carbocycles. The molecule has 1 rings (SSSR count). The fraction of sp³-hybridized carbons (Fsp3) is 0. The topological polar surface area (TPSA) is 144 Å². The molecule has 0 aliphatic heterocycles. The van der Waals surface area contributed by atoms with Gasteiger partial charge in [0.1, 0.15) is 0 Å². The third kappa shape index (κ3) is 3.39. The molecule has 4 N–H and O–H groups in total. The van der Waals surface area contributed by atoms with Gasteiger partial charge >= 0.3 is 6.03 Å². The van der Waals surface area contributed by atoms with Gasteiger partial charge in [0, 0.05) is 12.1 Å². The molecule has 0 radical (unpaired) electrons. The molecule has 92 valence electrons. The van der Waals surface area contributed by atoms with Crippen LogP contribution >= 0.6 is 0 Å². The number of primary amides is 1. The minimum absolute atomic E-state index is 0.361. The summed E-state index contributed by atoms with van der Waals surface area (Å²) in [7, 11) is -4.08. The van der Waals surface area contributed by atoms with Crippen LogP contribution in [-0.4, -0.2) is 19.4 Å². The molecule has 0 heterocycles. The third-order valence-corrected chi connectivity index (χ3v) is 2.89. The van der Waals surface area contributed by atoms with E-state index in [1.54, 1.807) is 10.3 Å². The van der Waals surface area contributed by atoms with Crippen molar-refractivity contribution < 1.29 is 18.1 Å². The van der Waals surface area contributed by atoms with Gasteiger partial charge < -0.3 is 5.73 Å². The van der Waals surface area contributed by atoms with E-state index < -0.39 is 21.0 Å². The summed E-state index contributed by atoms with van der Waals surface area (Å²) in [6.07, 6.45) is 0. The lowest BCUT2D eigenvalue weighted by Crippen LogP contribution is -2.44. The van der Waals surface area contributed by atoms with Gasteiger partial charge in [-0.3, -0.25) is 15.5 Å². The summed E-state index contributed by atoms with van der Waals surface area (Å²) in [5.41, 5.74) is 5.95. The molecule has 1 aromatic carbocycles. The number of sulfonamides is 1. The Morgan fingerprint density at radius 2 is 2.06 bits per heavy atom. The average molecular weight is 260 g/mol. The van der Waals surface area contributed by atoms with Crippen LogP contribution in [0.3, 0.4) is 0 Å². The van der Waals surface area contributed by atoms with Crippen molar-refractivity contribution in [1.82, 2.24) is 10.3 Å². The first-order chi connectivity index (χ1) is 7.83. The zero-order valence-electron chi connectivity index (χ0n) is 8.28. The first-order valence-corrected chi connectivity index (χ1v) is 5.63. The Hall–Kier alpha value is -2.20. The highest BCUT2D eigenvalue weighted by molar-refractivity contribution is 7.89. The van der Waals surface area contributed by atoms with Crippen LogP contribution in [0, 0.1) is 10.1 Å².